The number of halogens is 2. The topological polar surface area (TPSA) is 45.7 Å². The van der Waals surface area contributed by atoms with Crippen molar-refractivity contribution in [3.8, 4) is 0 Å². The highest BCUT2D eigenvalue weighted by atomic mass is 35.5. The predicted octanol–water partition coefficient (Wildman–Crippen LogP) is 2.93. The Morgan fingerprint density at radius 2 is 1.82 bits per heavy atom. The van der Waals surface area contributed by atoms with Crippen molar-refractivity contribution in [2.75, 3.05) is 6.54 Å². The van der Waals surface area contributed by atoms with Gasteiger partial charge in [0.25, 0.3) is 5.91 Å². The predicted molar refractivity (Wildman–Crippen MR) is 90.0 cm³/mol. The number of benzene rings is 2. The Morgan fingerprint density at radius 3 is 2.50 bits per heavy atom. The molecule has 0 saturated carbocycles. The first-order chi connectivity index (χ1) is 10.6. The molecule has 2 aromatic carbocycles. The third kappa shape index (κ3) is 5.02. The number of nitrogens with two attached hydrogens (primary N) is 1. The molecule has 5 heteroatoms. The quantitative estimate of drug-likeness (QED) is 0.836. The molecule has 0 aliphatic heterocycles. The van der Waals surface area contributed by atoms with Gasteiger partial charge >= 0.3 is 0 Å². The molecule has 0 bridgehead atoms. The lowest BCUT2D eigenvalue weighted by Crippen LogP contribution is -2.87. The molecule has 0 radical (unpaired) electrons. The molecule has 116 valence electrons. The Balaban J connectivity index is 1.78. The van der Waals surface area contributed by atoms with Gasteiger partial charge in [0.1, 0.15) is 6.04 Å². The van der Waals surface area contributed by atoms with Crippen molar-refractivity contribution in [3.63, 3.8) is 0 Å². The zero-order valence-corrected chi connectivity index (χ0v) is 13.9. The number of carbonyl (C=O) groups is 1. The van der Waals surface area contributed by atoms with E-state index >= 15 is 0 Å². The van der Waals surface area contributed by atoms with Crippen LogP contribution in [0.25, 0.3) is 0 Å². The van der Waals surface area contributed by atoms with E-state index in [-0.39, 0.29) is 11.9 Å². The van der Waals surface area contributed by atoms with Crippen LogP contribution in [0, 0.1) is 0 Å². The highest BCUT2D eigenvalue weighted by molar-refractivity contribution is 6.31. The maximum absolute atomic E-state index is 11.9. The number of hydrogen-bond acceptors (Lipinski definition) is 1. The van der Waals surface area contributed by atoms with Crippen LogP contribution in [0.15, 0.2) is 48.5 Å². The van der Waals surface area contributed by atoms with Gasteiger partial charge in [-0.05, 0) is 30.7 Å². The van der Waals surface area contributed by atoms with E-state index in [1.165, 1.54) is 0 Å². The fourth-order valence-electron chi connectivity index (χ4n) is 2.09. The zero-order chi connectivity index (χ0) is 15.9. The minimum Gasteiger partial charge on any atom is -0.347 e. The van der Waals surface area contributed by atoms with Crippen molar-refractivity contribution in [2.24, 2.45) is 0 Å². The number of hydrogen-bond donors (Lipinski definition) is 2. The van der Waals surface area contributed by atoms with Crippen LogP contribution in [0.2, 0.25) is 10.0 Å². The van der Waals surface area contributed by atoms with Crippen molar-refractivity contribution >= 4 is 29.1 Å². The largest absolute Gasteiger partial charge is 0.347 e. The number of amides is 1. The summed E-state index contributed by atoms with van der Waals surface area (Å²) < 4.78 is 0. The van der Waals surface area contributed by atoms with Crippen molar-refractivity contribution in [1.29, 1.82) is 0 Å². The SMILES string of the molecule is C[C@H]([NH2+]CC(=O)NCc1ccccc1Cl)c1ccc(Cl)cc1. The second-order valence-electron chi connectivity index (χ2n) is 5.15. The second kappa shape index (κ2) is 8.18. The second-order valence-corrected chi connectivity index (χ2v) is 5.99. The van der Waals surface area contributed by atoms with Gasteiger partial charge in [0.05, 0.1) is 0 Å². The minimum atomic E-state index is -0.0132. The van der Waals surface area contributed by atoms with Crippen LogP contribution < -0.4 is 10.6 Å². The van der Waals surface area contributed by atoms with Crippen LogP contribution in [-0.4, -0.2) is 12.5 Å². The monoisotopic (exact) mass is 337 g/mol. The summed E-state index contributed by atoms with van der Waals surface area (Å²) in [5, 5.41) is 6.26. The molecule has 1 atom stereocenters. The molecular weight excluding hydrogens is 319 g/mol. The lowest BCUT2D eigenvalue weighted by molar-refractivity contribution is -0.682. The van der Waals surface area contributed by atoms with Gasteiger partial charge in [0.15, 0.2) is 6.54 Å². The van der Waals surface area contributed by atoms with Gasteiger partial charge in [0.2, 0.25) is 0 Å². The first kappa shape index (κ1) is 16.8. The Hall–Kier alpha value is -1.55. The molecule has 3 N–H and O–H groups in total. The zero-order valence-electron chi connectivity index (χ0n) is 12.4. The normalized spacial score (nSPS) is 12.0. The fourth-order valence-corrected chi connectivity index (χ4v) is 2.42. The van der Waals surface area contributed by atoms with Gasteiger partial charge in [-0.3, -0.25) is 4.79 Å². The molecule has 2 rings (SSSR count). The van der Waals surface area contributed by atoms with E-state index in [0.29, 0.717) is 23.1 Å². The van der Waals surface area contributed by atoms with Gasteiger partial charge in [-0.2, -0.15) is 0 Å². The smallest absolute Gasteiger partial charge is 0.275 e. The highest BCUT2D eigenvalue weighted by Crippen LogP contribution is 2.14. The highest BCUT2D eigenvalue weighted by Gasteiger charge is 2.11. The summed E-state index contributed by atoms with van der Waals surface area (Å²) >= 11 is 11.9. The third-order valence-electron chi connectivity index (χ3n) is 3.49. The Kier molecular flexibility index (Phi) is 6.25. The lowest BCUT2D eigenvalue weighted by Gasteiger charge is -2.11. The Labute approximate surface area is 140 Å². The Morgan fingerprint density at radius 1 is 1.14 bits per heavy atom. The molecule has 0 unspecified atom stereocenters. The molecule has 1 amide bonds. The van der Waals surface area contributed by atoms with Gasteiger partial charge in [-0.25, -0.2) is 0 Å². The van der Waals surface area contributed by atoms with Crippen LogP contribution in [-0.2, 0) is 11.3 Å². The van der Waals surface area contributed by atoms with Crippen molar-refractivity contribution in [3.05, 3.63) is 69.7 Å². The Bertz CT molecular complexity index is 629. The van der Waals surface area contributed by atoms with E-state index in [9.17, 15) is 4.79 Å². The molecule has 0 aromatic heterocycles. The molecule has 2 aromatic rings. The molecule has 0 heterocycles. The standard InChI is InChI=1S/C17H18Cl2N2O/c1-12(13-6-8-15(18)9-7-13)20-11-17(22)21-10-14-4-2-3-5-16(14)19/h2-9,12,20H,10-11H2,1H3,(H,21,22)/p+1/t12-/m0/s1. The van der Waals surface area contributed by atoms with E-state index in [1.54, 1.807) is 0 Å². The molecule has 0 aliphatic rings. The number of quaternary nitrogens is 1. The number of carbonyl (C=O) groups excluding carboxylic acids is 1. The maximum Gasteiger partial charge on any atom is 0.275 e. The third-order valence-corrected chi connectivity index (χ3v) is 4.11. The van der Waals surface area contributed by atoms with Gasteiger partial charge in [-0.1, -0.05) is 53.5 Å². The number of rotatable bonds is 6. The van der Waals surface area contributed by atoms with Gasteiger partial charge in [0, 0.05) is 22.2 Å². The summed E-state index contributed by atoms with van der Waals surface area (Å²) in [4.78, 5) is 11.9. The van der Waals surface area contributed by atoms with E-state index in [0.717, 1.165) is 11.1 Å². The van der Waals surface area contributed by atoms with Crippen molar-refractivity contribution in [1.82, 2.24) is 5.32 Å². The summed E-state index contributed by atoms with van der Waals surface area (Å²) in [6.07, 6.45) is 0. The van der Waals surface area contributed by atoms with E-state index in [4.69, 9.17) is 23.2 Å². The molecule has 0 fully saturated rings. The molecule has 0 aliphatic carbocycles. The minimum absolute atomic E-state index is 0.0132. The van der Waals surface area contributed by atoms with Crippen LogP contribution in [0.5, 0.6) is 0 Å². The van der Waals surface area contributed by atoms with E-state index in [1.807, 2.05) is 53.8 Å². The average molecular weight is 338 g/mol. The first-order valence-electron chi connectivity index (χ1n) is 7.15. The van der Waals surface area contributed by atoms with E-state index < -0.39 is 0 Å². The molecule has 22 heavy (non-hydrogen) atoms. The summed E-state index contributed by atoms with van der Waals surface area (Å²) in [7, 11) is 0. The van der Waals surface area contributed by atoms with Crippen LogP contribution in [0.3, 0.4) is 0 Å². The lowest BCUT2D eigenvalue weighted by atomic mass is 10.1. The first-order valence-corrected chi connectivity index (χ1v) is 7.91. The van der Waals surface area contributed by atoms with Gasteiger partial charge < -0.3 is 10.6 Å². The summed E-state index contributed by atoms with van der Waals surface area (Å²) in [6.45, 7) is 2.88. The molecule has 3 nitrogen and oxygen atoms in total. The van der Waals surface area contributed by atoms with Crippen LogP contribution in [0.1, 0.15) is 24.1 Å². The summed E-state index contributed by atoms with van der Waals surface area (Å²) in [5.74, 6) is -0.0132. The van der Waals surface area contributed by atoms with Crippen molar-refractivity contribution < 1.29 is 10.1 Å². The molecule has 0 spiro atoms. The van der Waals surface area contributed by atoms with Crippen LogP contribution in [0.4, 0.5) is 0 Å². The van der Waals surface area contributed by atoms with E-state index in [2.05, 4.69) is 12.2 Å². The fraction of sp³-hybridized carbons (Fsp3) is 0.235. The average Bonchev–Trinajstić information content (AvgIpc) is 2.52. The summed E-state index contributed by atoms with van der Waals surface area (Å²) in [5.41, 5.74) is 2.06. The molecule has 0 saturated heterocycles. The molecular formula is C17H19Cl2N2O+. The van der Waals surface area contributed by atoms with Gasteiger partial charge in [-0.15, -0.1) is 0 Å². The van der Waals surface area contributed by atoms with Crippen molar-refractivity contribution in [2.45, 2.75) is 19.5 Å². The van der Waals surface area contributed by atoms with Crippen LogP contribution >= 0.6 is 23.2 Å². The summed E-state index contributed by atoms with van der Waals surface area (Å²) in [6, 6.07) is 15.4. The number of nitrogens with one attached hydrogen (secondary N) is 1. The maximum atomic E-state index is 11.9.